The average molecular weight is 474 g/mol. The maximum atomic E-state index is 12.8. The highest BCUT2D eigenvalue weighted by Gasteiger charge is 2.19. The highest BCUT2D eigenvalue weighted by atomic mass is 32.2. The maximum Gasteiger partial charge on any atom is 0.231 e. The fourth-order valence-electron chi connectivity index (χ4n) is 3.72. The van der Waals surface area contributed by atoms with E-state index in [4.69, 9.17) is 9.72 Å². The number of ether oxygens (including phenoxy) is 1. The third kappa shape index (κ3) is 5.66. The average Bonchev–Trinajstić information content (AvgIpc) is 3.22. The minimum Gasteiger partial charge on any atom is -0.494 e. The lowest BCUT2D eigenvalue weighted by atomic mass is 10.0. The zero-order valence-electron chi connectivity index (χ0n) is 19.2. The molecule has 0 radical (unpaired) electrons. The summed E-state index contributed by atoms with van der Waals surface area (Å²) >= 11 is 1.35. The molecular formula is C27H27N3O3S. The summed E-state index contributed by atoms with van der Waals surface area (Å²) in [5, 5.41) is 3.60. The fraction of sp³-hybridized carbons (Fsp3) is 0.222. The summed E-state index contributed by atoms with van der Waals surface area (Å²) in [7, 11) is 0. The predicted molar refractivity (Wildman–Crippen MR) is 136 cm³/mol. The largest absolute Gasteiger partial charge is 0.494 e. The topological polar surface area (TPSA) is 73.2 Å². The van der Waals surface area contributed by atoms with E-state index in [0.29, 0.717) is 18.2 Å². The zero-order chi connectivity index (χ0) is 23.9. The molecule has 0 fully saturated rings. The SMILES string of the molecule is CCOc1ccc(-n2c(SCC(=O)NC(Cc3ccccc3)C(C)=O)nc3ccccc32)cc1. The van der Waals surface area contributed by atoms with Gasteiger partial charge in [-0.25, -0.2) is 4.98 Å². The molecule has 0 aliphatic rings. The van der Waals surface area contributed by atoms with Crippen LogP contribution in [0.5, 0.6) is 5.75 Å². The number of ketones is 1. The van der Waals surface area contributed by atoms with E-state index >= 15 is 0 Å². The van der Waals surface area contributed by atoms with Gasteiger partial charge in [-0.3, -0.25) is 14.2 Å². The molecule has 174 valence electrons. The molecule has 0 bridgehead atoms. The third-order valence-corrected chi connectivity index (χ3v) is 6.32. The van der Waals surface area contributed by atoms with Crippen molar-refractivity contribution in [2.75, 3.05) is 12.4 Å². The minimum absolute atomic E-state index is 0.0659. The Morgan fingerprint density at radius 1 is 1.00 bits per heavy atom. The van der Waals surface area contributed by atoms with Gasteiger partial charge in [0.1, 0.15) is 5.75 Å². The molecule has 1 N–H and O–H groups in total. The number of carbonyl (C=O) groups is 2. The molecular weight excluding hydrogens is 446 g/mol. The Morgan fingerprint density at radius 2 is 1.71 bits per heavy atom. The van der Waals surface area contributed by atoms with E-state index < -0.39 is 6.04 Å². The van der Waals surface area contributed by atoms with Crippen LogP contribution in [0, 0.1) is 0 Å². The summed E-state index contributed by atoms with van der Waals surface area (Å²) in [6, 6.07) is 24.8. The second-order valence-electron chi connectivity index (χ2n) is 7.85. The Labute approximate surface area is 203 Å². The van der Waals surface area contributed by atoms with E-state index in [1.54, 1.807) is 0 Å². The number of amides is 1. The number of nitrogens with one attached hydrogen (secondary N) is 1. The predicted octanol–water partition coefficient (Wildman–Crippen LogP) is 4.83. The molecule has 7 heteroatoms. The first kappa shape index (κ1) is 23.6. The lowest BCUT2D eigenvalue weighted by Gasteiger charge is -2.16. The van der Waals surface area contributed by atoms with Crippen LogP contribution in [0.15, 0.2) is 84.0 Å². The van der Waals surface area contributed by atoms with Crippen molar-refractivity contribution in [2.24, 2.45) is 0 Å². The van der Waals surface area contributed by atoms with Gasteiger partial charge in [0.05, 0.1) is 29.4 Å². The van der Waals surface area contributed by atoms with Gasteiger partial charge in [0.15, 0.2) is 10.9 Å². The van der Waals surface area contributed by atoms with Crippen molar-refractivity contribution in [2.45, 2.75) is 31.5 Å². The number of imidazole rings is 1. The molecule has 3 aromatic carbocycles. The summed E-state index contributed by atoms with van der Waals surface area (Å²) in [5.41, 5.74) is 3.75. The summed E-state index contributed by atoms with van der Waals surface area (Å²) < 4.78 is 7.60. The number of hydrogen-bond acceptors (Lipinski definition) is 5. The molecule has 1 aromatic heterocycles. The van der Waals surface area contributed by atoms with E-state index in [-0.39, 0.29) is 17.4 Å². The Bertz CT molecular complexity index is 1270. The number of benzene rings is 3. The second-order valence-corrected chi connectivity index (χ2v) is 8.80. The number of thioether (sulfide) groups is 1. The standard InChI is InChI=1S/C27H27N3O3S/c1-3-33-22-15-13-21(14-16-22)30-25-12-8-7-11-23(25)29-27(30)34-18-26(32)28-24(19(2)31)17-20-9-5-4-6-10-20/h4-16,24H,3,17-18H2,1-2H3,(H,28,32). The smallest absolute Gasteiger partial charge is 0.231 e. The molecule has 0 aliphatic carbocycles. The zero-order valence-corrected chi connectivity index (χ0v) is 20.0. The highest BCUT2D eigenvalue weighted by molar-refractivity contribution is 7.99. The molecule has 0 aliphatic heterocycles. The molecule has 1 amide bonds. The van der Waals surface area contributed by atoms with Gasteiger partial charge in [-0.05, 0) is 62.2 Å². The first-order valence-electron chi connectivity index (χ1n) is 11.2. The van der Waals surface area contributed by atoms with Crippen LogP contribution >= 0.6 is 11.8 Å². The van der Waals surface area contributed by atoms with E-state index in [0.717, 1.165) is 28.0 Å². The molecule has 6 nitrogen and oxygen atoms in total. The van der Waals surface area contributed by atoms with Gasteiger partial charge in [0.2, 0.25) is 5.91 Å². The van der Waals surface area contributed by atoms with Gasteiger partial charge in [0.25, 0.3) is 0 Å². The molecule has 0 saturated heterocycles. The summed E-state index contributed by atoms with van der Waals surface area (Å²) in [6.07, 6.45) is 0.470. The normalized spacial score (nSPS) is 11.8. The van der Waals surface area contributed by atoms with Crippen molar-refractivity contribution in [3.63, 3.8) is 0 Å². The first-order valence-corrected chi connectivity index (χ1v) is 12.2. The van der Waals surface area contributed by atoms with Gasteiger partial charge < -0.3 is 10.1 Å². The second kappa shape index (κ2) is 11.0. The lowest BCUT2D eigenvalue weighted by Crippen LogP contribution is -2.42. The summed E-state index contributed by atoms with van der Waals surface area (Å²) in [4.78, 5) is 29.7. The number of rotatable bonds is 10. The molecule has 1 unspecified atom stereocenters. The van der Waals surface area contributed by atoms with Crippen LogP contribution < -0.4 is 10.1 Å². The number of hydrogen-bond donors (Lipinski definition) is 1. The first-order chi connectivity index (χ1) is 16.5. The van der Waals surface area contributed by atoms with Gasteiger partial charge in [-0.15, -0.1) is 0 Å². The molecule has 0 spiro atoms. The molecule has 34 heavy (non-hydrogen) atoms. The quantitative estimate of drug-likeness (QED) is 0.334. The lowest BCUT2D eigenvalue weighted by molar-refractivity contribution is -0.125. The van der Waals surface area contributed by atoms with Crippen molar-refractivity contribution in [3.05, 3.63) is 84.4 Å². The van der Waals surface area contributed by atoms with Crippen LogP contribution in [-0.2, 0) is 16.0 Å². The Balaban J connectivity index is 1.51. The number of nitrogens with zero attached hydrogens (tertiary/aromatic N) is 2. The Hall–Kier alpha value is -3.58. The van der Waals surface area contributed by atoms with Crippen LogP contribution in [0.4, 0.5) is 0 Å². The van der Waals surface area contributed by atoms with Gasteiger partial charge >= 0.3 is 0 Å². The van der Waals surface area contributed by atoms with Crippen molar-refractivity contribution in [1.82, 2.24) is 14.9 Å². The Kier molecular flexibility index (Phi) is 7.65. The van der Waals surface area contributed by atoms with Gasteiger partial charge in [0, 0.05) is 5.69 Å². The van der Waals surface area contributed by atoms with Crippen molar-refractivity contribution >= 4 is 34.5 Å². The van der Waals surface area contributed by atoms with Crippen molar-refractivity contribution in [1.29, 1.82) is 0 Å². The number of carbonyl (C=O) groups excluding carboxylic acids is 2. The van der Waals surface area contributed by atoms with Crippen LogP contribution in [0.3, 0.4) is 0 Å². The number of fused-ring (bicyclic) bond motifs is 1. The fourth-order valence-corrected chi connectivity index (χ4v) is 4.56. The van der Waals surface area contributed by atoms with Gasteiger partial charge in [-0.2, -0.15) is 0 Å². The van der Waals surface area contributed by atoms with E-state index in [1.807, 2.05) is 90.4 Å². The highest BCUT2D eigenvalue weighted by Crippen LogP contribution is 2.29. The van der Waals surface area contributed by atoms with Crippen LogP contribution in [-0.4, -0.2) is 39.6 Å². The van der Waals surface area contributed by atoms with Crippen LogP contribution in [0.25, 0.3) is 16.7 Å². The molecule has 1 atom stereocenters. The summed E-state index contributed by atoms with van der Waals surface area (Å²) in [6.45, 7) is 4.06. The van der Waals surface area contributed by atoms with Crippen LogP contribution in [0.2, 0.25) is 0 Å². The Morgan fingerprint density at radius 3 is 2.41 bits per heavy atom. The van der Waals surface area contributed by atoms with Crippen molar-refractivity contribution in [3.8, 4) is 11.4 Å². The number of aromatic nitrogens is 2. The third-order valence-electron chi connectivity index (χ3n) is 5.38. The summed E-state index contributed by atoms with van der Waals surface area (Å²) in [5.74, 6) is 0.687. The van der Waals surface area contributed by atoms with Gasteiger partial charge in [-0.1, -0.05) is 54.2 Å². The van der Waals surface area contributed by atoms with E-state index in [9.17, 15) is 9.59 Å². The molecule has 4 aromatic rings. The van der Waals surface area contributed by atoms with Crippen LogP contribution in [0.1, 0.15) is 19.4 Å². The molecule has 0 saturated carbocycles. The van der Waals surface area contributed by atoms with E-state index in [2.05, 4.69) is 5.32 Å². The maximum absolute atomic E-state index is 12.8. The van der Waals surface area contributed by atoms with E-state index in [1.165, 1.54) is 18.7 Å². The molecule has 1 heterocycles. The number of Topliss-reactive ketones (excluding diaryl/α,β-unsaturated/α-hetero) is 1. The molecule has 4 rings (SSSR count). The minimum atomic E-state index is -0.555. The monoisotopic (exact) mass is 473 g/mol. The number of para-hydroxylation sites is 2. The van der Waals surface area contributed by atoms with Crippen molar-refractivity contribution < 1.29 is 14.3 Å².